The van der Waals surface area contributed by atoms with E-state index < -0.39 is 29.6 Å². The van der Waals surface area contributed by atoms with Gasteiger partial charge in [0.2, 0.25) is 5.91 Å². The van der Waals surface area contributed by atoms with Crippen molar-refractivity contribution in [3.05, 3.63) is 64.8 Å². The summed E-state index contributed by atoms with van der Waals surface area (Å²) in [5.74, 6) is -2.16. The molecule has 2 N–H and O–H groups in total. The van der Waals surface area contributed by atoms with Crippen LogP contribution in [0.3, 0.4) is 0 Å². The number of ether oxygens (including phenoxy) is 1. The van der Waals surface area contributed by atoms with E-state index in [2.05, 4.69) is 10.3 Å². The van der Waals surface area contributed by atoms with Gasteiger partial charge in [0.15, 0.2) is 11.6 Å². The molecule has 1 aliphatic carbocycles. The maximum atomic E-state index is 14.2. The number of pyridine rings is 1. The highest BCUT2D eigenvalue weighted by Gasteiger charge is 2.36. The summed E-state index contributed by atoms with van der Waals surface area (Å²) in [6.45, 7) is -0.0142. The second-order valence-corrected chi connectivity index (χ2v) is 9.12. The summed E-state index contributed by atoms with van der Waals surface area (Å²) in [5, 5.41) is 11.8. The lowest BCUT2D eigenvalue weighted by molar-refractivity contribution is -0.134. The van der Waals surface area contributed by atoms with Crippen molar-refractivity contribution in [3.63, 3.8) is 0 Å². The first-order chi connectivity index (χ1) is 16.8. The van der Waals surface area contributed by atoms with Crippen LogP contribution in [0.5, 0.6) is 5.75 Å². The zero-order valence-corrected chi connectivity index (χ0v) is 19.6. The molecule has 1 saturated carbocycles. The predicted octanol–water partition coefficient (Wildman–Crippen LogP) is 4.65. The number of amides is 2. The summed E-state index contributed by atoms with van der Waals surface area (Å²) < 4.78 is 19.8. The molecule has 2 aromatic rings. The first-order valence-electron chi connectivity index (χ1n) is 11.4. The molecule has 10 heteroatoms. The standard InChI is InChI=1S/C25H25ClFN3O5/c26-18-7-4-8-19(27)23(18)35-17-12-22(31)30(14-17)20(11-15-5-2-1-3-6-15)24(32)29-21-10-9-16(13-28-21)25(33)34/h4,7-10,12-13,15,20H,1-3,5-6,11,14H2,(H,33,34)(H,28,29,32). The molecule has 0 saturated heterocycles. The molecule has 1 aliphatic heterocycles. The number of nitrogens with zero attached hydrogens (tertiary/aromatic N) is 2. The van der Waals surface area contributed by atoms with E-state index in [1.165, 1.54) is 41.3 Å². The fourth-order valence-corrected chi connectivity index (χ4v) is 4.67. The molecule has 2 aliphatic rings. The van der Waals surface area contributed by atoms with Crippen molar-refractivity contribution in [1.82, 2.24) is 9.88 Å². The van der Waals surface area contributed by atoms with E-state index in [4.69, 9.17) is 21.4 Å². The molecule has 2 heterocycles. The Labute approximate surface area is 206 Å². The number of carbonyl (C=O) groups is 3. The number of benzene rings is 1. The number of anilines is 1. The minimum Gasteiger partial charge on any atom is -0.478 e. The molecule has 0 bridgehead atoms. The number of aromatic carboxylic acids is 1. The molecule has 35 heavy (non-hydrogen) atoms. The van der Waals surface area contributed by atoms with E-state index in [9.17, 15) is 18.8 Å². The number of carboxylic acid groups (broad SMARTS) is 1. The highest BCUT2D eigenvalue weighted by atomic mass is 35.5. The monoisotopic (exact) mass is 501 g/mol. The fraction of sp³-hybridized carbons (Fsp3) is 0.360. The largest absolute Gasteiger partial charge is 0.478 e. The normalized spacial score (nSPS) is 17.1. The van der Waals surface area contributed by atoms with Gasteiger partial charge < -0.3 is 20.1 Å². The molecule has 4 rings (SSSR count). The van der Waals surface area contributed by atoms with Crippen LogP contribution in [0.1, 0.15) is 48.9 Å². The first-order valence-corrected chi connectivity index (χ1v) is 11.8. The lowest BCUT2D eigenvalue weighted by Crippen LogP contribution is -2.46. The van der Waals surface area contributed by atoms with Gasteiger partial charge in [-0.15, -0.1) is 0 Å². The smallest absolute Gasteiger partial charge is 0.337 e. The highest BCUT2D eigenvalue weighted by molar-refractivity contribution is 6.32. The van der Waals surface area contributed by atoms with Crippen molar-refractivity contribution in [3.8, 4) is 5.75 Å². The number of para-hydroxylation sites is 1. The van der Waals surface area contributed by atoms with Crippen LogP contribution in [0.2, 0.25) is 5.02 Å². The number of carbonyl (C=O) groups excluding carboxylic acids is 2. The van der Waals surface area contributed by atoms with Crippen LogP contribution in [0.15, 0.2) is 48.4 Å². The number of hydrogen-bond acceptors (Lipinski definition) is 5. The van der Waals surface area contributed by atoms with E-state index in [1.807, 2.05) is 0 Å². The van der Waals surface area contributed by atoms with Gasteiger partial charge >= 0.3 is 5.97 Å². The van der Waals surface area contributed by atoms with Crippen molar-refractivity contribution in [2.24, 2.45) is 5.92 Å². The third kappa shape index (κ3) is 5.97. The number of hydrogen-bond donors (Lipinski definition) is 2. The number of rotatable bonds is 8. The molecule has 184 valence electrons. The molecule has 0 spiro atoms. The van der Waals surface area contributed by atoms with E-state index >= 15 is 0 Å². The van der Waals surface area contributed by atoms with Crippen molar-refractivity contribution >= 4 is 35.2 Å². The molecule has 1 unspecified atom stereocenters. The Morgan fingerprint density at radius 2 is 2.00 bits per heavy atom. The Balaban J connectivity index is 1.51. The van der Waals surface area contributed by atoms with Crippen LogP contribution in [-0.2, 0) is 9.59 Å². The van der Waals surface area contributed by atoms with Crippen LogP contribution in [-0.4, -0.2) is 45.4 Å². The molecule has 1 atom stereocenters. The van der Waals surface area contributed by atoms with Crippen LogP contribution < -0.4 is 10.1 Å². The van der Waals surface area contributed by atoms with Gasteiger partial charge in [-0.2, -0.15) is 0 Å². The van der Waals surface area contributed by atoms with Crippen molar-refractivity contribution in [2.45, 2.75) is 44.6 Å². The number of nitrogens with one attached hydrogen (secondary N) is 1. The van der Waals surface area contributed by atoms with E-state index in [-0.39, 0.29) is 40.4 Å². The van der Waals surface area contributed by atoms with Gasteiger partial charge in [-0.3, -0.25) is 9.59 Å². The van der Waals surface area contributed by atoms with Gasteiger partial charge in [-0.25, -0.2) is 14.2 Å². The molecule has 1 fully saturated rings. The highest BCUT2D eigenvalue weighted by Crippen LogP contribution is 2.33. The van der Waals surface area contributed by atoms with Crippen LogP contribution in [0, 0.1) is 11.7 Å². The Kier molecular flexibility index (Phi) is 7.65. The number of aromatic nitrogens is 1. The van der Waals surface area contributed by atoms with Crippen LogP contribution in [0.4, 0.5) is 10.2 Å². The van der Waals surface area contributed by atoms with Crippen LogP contribution in [0.25, 0.3) is 0 Å². The van der Waals surface area contributed by atoms with E-state index in [0.717, 1.165) is 38.3 Å². The molecule has 1 aromatic heterocycles. The van der Waals surface area contributed by atoms with Crippen LogP contribution >= 0.6 is 11.6 Å². The van der Waals surface area contributed by atoms with Crippen molar-refractivity contribution in [2.75, 3.05) is 11.9 Å². The topological polar surface area (TPSA) is 109 Å². The summed E-state index contributed by atoms with van der Waals surface area (Å²) in [4.78, 5) is 42.6. The van der Waals surface area contributed by atoms with Gasteiger partial charge in [-0.05, 0) is 36.6 Å². The molecule has 0 radical (unpaired) electrons. The third-order valence-electron chi connectivity index (χ3n) is 6.27. The van der Waals surface area contributed by atoms with Gasteiger partial charge in [-0.1, -0.05) is 49.8 Å². The molecular formula is C25H25ClFN3O5. The van der Waals surface area contributed by atoms with E-state index in [1.54, 1.807) is 0 Å². The molecule has 1 aromatic carbocycles. The summed E-state index contributed by atoms with van der Waals surface area (Å²) in [5.41, 5.74) is -0.00530. The van der Waals surface area contributed by atoms with Crippen molar-refractivity contribution in [1.29, 1.82) is 0 Å². The summed E-state index contributed by atoms with van der Waals surface area (Å²) in [6.07, 6.45) is 8.10. The van der Waals surface area contributed by atoms with E-state index in [0.29, 0.717) is 6.42 Å². The Morgan fingerprint density at radius 1 is 1.23 bits per heavy atom. The summed E-state index contributed by atoms with van der Waals surface area (Å²) in [6, 6.07) is 6.08. The lowest BCUT2D eigenvalue weighted by atomic mass is 9.84. The SMILES string of the molecule is O=C(O)c1ccc(NC(=O)C(CC2CCCCC2)N2CC(Oc3c(F)cccc3Cl)=CC2=O)nc1. The average molecular weight is 502 g/mol. The quantitative estimate of drug-likeness (QED) is 0.544. The third-order valence-corrected chi connectivity index (χ3v) is 6.57. The predicted molar refractivity (Wildman–Crippen MR) is 127 cm³/mol. The number of halogens is 2. The van der Waals surface area contributed by atoms with Gasteiger partial charge in [0, 0.05) is 12.3 Å². The number of carboxylic acids is 1. The second kappa shape index (κ2) is 10.9. The van der Waals surface area contributed by atoms with Gasteiger partial charge in [0.1, 0.15) is 17.6 Å². The zero-order valence-electron chi connectivity index (χ0n) is 18.9. The minimum absolute atomic E-state index is 0.00530. The Bertz CT molecular complexity index is 1130. The Morgan fingerprint density at radius 3 is 2.66 bits per heavy atom. The molecule has 2 amide bonds. The maximum Gasteiger partial charge on any atom is 0.337 e. The average Bonchev–Trinajstić information content (AvgIpc) is 3.20. The minimum atomic E-state index is -1.12. The Hall–Kier alpha value is -3.46. The fourth-order valence-electron chi connectivity index (χ4n) is 4.47. The van der Waals surface area contributed by atoms with Crippen molar-refractivity contribution < 1.29 is 28.6 Å². The van der Waals surface area contributed by atoms with Gasteiger partial charge in [0.05, 0.1) is 17.1 Å². The zero-order chi connectivity index (χ0) is 24.9. The summed E-state index contributed by atoms with van der Waals surface area (Å²) in [7, 11) is 0. The molecule has 8 nitrogen and oxygen atoms in total. The molecular weight excluding hydrogens is 477 g/mol. The van der Waals surface area contributed by atoms with Gasteiger partial charge in [0.25, 0.3) is 5.91 Å². The maximum absolute atomic E-state index is 14.2. The lowest BCUT2D eigenvalue weighted by Gasteiger charge is -2.31. The summed E-state index contributed by atoms with van der Waals surface area (Å²) >= 11 is 6.04. The first kappa shape index (κ1) is 24.7. The second-order valence-electron chi connectivity index (χ2n) is 8.71.